The van der Waals surface area contributed by atoms with Crippen molar-refractivity contribution in [3.63, 3.8) is 0 Å². The maximum absolute atomic E-state index is 12.7. The third-order valence-corrected chi connectivity index (χ3v) is 5.32. The van der Waals surface area contributed by atoms with Crippen LogP contribution in [0.25, 0.3) is 0 Å². The molecule has 0 aliphatic heterocycles. The number of hydrogen-bond donors (Lipinski definition) is 1. The molecule has 2 atom stereocenters. The van der Waals surface area contributed by atoms with Gasteiger partial charge in [0.05, 0.1) is 5.41 Å². The van der Waals surface area contributed by atoms with Gasteiger partial charge in [0, 0.05) is 11.4 Å². The van der Waals surface area contributed by atoms with Crippen LogP contribution in [0, 0.1) is 5.92 Å². The van der Waals surface area contributed by atoms with Crippen LogP contribution in [0.1, 0.15) is 45.1 Å². The summed E-state index contributed by atoms with van der Waals surface area (Å²) < 4.78 is 0. The van der Waals surface area contributed by atoms with Crippen LogP contribution in [0.2, 0.25) is 0 Å². The Morgan fingerprint density at radius 1 is 1.25 bits per heavy atom. The smallest absolute Gasteiger partial charge is 0.230 e. The van der Waals surface area contributed by atoms with Crippen LogP contribution in [-0.2, 0) is 10.2 Å². The number of halogens is 1. The SMILES string of the molecule is CC(C)(C(=O)NC1CCCCC1CBr)c1ccccc1. The highest BCUT2D eigenvalue weighted by atomic mass is 79.9. The van der Waals surface area contributed by atoms with E-state index in [4.69, 9.17) is 0 Å². The van der Waals surface area contributed by atoms with Crippen LogP contribution in [-0.4, -0.2) is 17.3 Å². The first-order valence-electron chi connectivity index (χ1n) is 7.48. The fourth-order valence-electron chi connectivity index (χ4n) is 2.92. The first kappa shape index (κ1) is 15.6. The molecule has 1 N–H and O–H groups in total. The lowest BCUT2D eigenvalue weighted by Gasteiger charge is -2.34. The first-order chi connectivity index (χ1) is 9.55. The van der Waals surface area contributed by atoms with E-state index >= 15 is 0 Å². The minimum absolute atomic E-state index is 0.140. The molecule has 1 aliphatic rings. The molecule has 1 aromatic rings. The summed E-state index contributed by atoms with van der Waals surface area (Å²) in [7, 11) is 0. The van der Waals surface area contributed by atoms with Gasteiger partial charge in [0.15, 0.2) is 0 Å². The standard InChI is InChI=1S/C17H24BrNO/c1-17(2,14-9-4-3-5-10-14)16(20)19-15-11-7-6-8-13(15)12-18/h3-5,9-10,13,15H,6-8,11-12H2,1-2H3,(H,19,20). The number of rotatable bonds is 4. The van der Waals surface area contributed by atoms with E-state index in [-0.39, 0.29) is 5.91 Å². The Labute approximate surface area is 130 Å². The predicted molar refractivity (Wildman–Crippen MR) is 87.2 cm³/mol. The lowest BCUT2D eigenvalue weighted by atomic mass is 9.81. The second-order valence-electron chi connectivity index (χ2n) is 6.27. The van der Waals surface area contributed by atoms with Crippen LogP contribution in [0.15, 0.2) is 30.3 Å². The Kier molecular flexibility index (Phi) is 5.25. The highest BCUT2D eigenvalue weighted by molar-refractivity contribution is 9.09. The summed E-state index contributed by atoms with van der Waals surface area (Å²) in [4.78, 5) is 12.7. The fourth-order valence-corrected chi connectivity index (χ4v) is 3.69. The van der Waals surface area contributed by atoms with E-state index in [9.17, 15) is 4.79 Å². The van der Waals surface area contributed by atoms with Gasteiger partial charge >= 0.3 is 0 Å². The van der Waals surface area contributed by atoms with Crippen LogP contribution in [0.4, 0.5) is 0 Å². The molecule has 0 spiro atoms. The molecule has 0 radical (unpaired) electrons. The Morgan fingerprint density at radius 3 is 2.55 bits per heavy atom. The number of hydrogen-bond acceptors (Lipinski definition) is 1. The fraction of sp³-hybridized carbons (Fsp3) is 0.588. The van der Waals surface area contributed by atoms with Gasteiger partial charge in [-0.15, -0.1) is 0 Å². The average Bonchev–Trinajstić information content (AvgIpc) is 2.48. The topological polar surface area (TPSA) is 29.1 Å². The van der Waals surface area contributed by atoms with E-state index in [1.165, 1.54) is 19.3 Å². The van der Waals surface area contributed by atoms with Crippen molar-refractivity contribution >= 4 is 21.8 Å². The molecular formula is C17H24BrNO. The zero-order valence-corrected chi connectivity index (χ0v) is 13.9. The summed E-state index contributed by atoms with van der Waals surface area (Å²) in [5, 5.41) is 4.27. The molecule has 20 heavy (non-hydrogen) atoms. The summed E-state index contributed by atoms with van der Waals surface area (Å²) in [6.07, 6.45) is 4.82. The minimum atomic E-state index is -0.477. The van der Waals surface area contributed by atoms with Crippen LogP contribution >= 0.6 is 15.9 Å². The molecule has 1 aliphatic carbocycles. The average molecular weight is 338 g/mol. The van der Waals surface area contributed by atoms with Crippen molar-refractivity contribution in [1.82, 2.24) is 5.32 Å². The van der Waals surface area contributed by atoms with Gasteiger partial charge in [-0.25, -0.2) is 0 Å². The van der Waals surface area contributed by atoms with Crippen molar-refractivity contribution < 1.29 is 4.79 Å². The highest BCUT2D eigenvalue weighted by Gasteiger charge is 2.33. The zero-order chi connectivity index (χ0) is 14.6. The van der Waals surface area contributed by atoms with Crippen molar-refractivity contribution in [3.8, 4) is 0 Å². The number of alkyl halides is 1. The quantitative estimate of drug-likeness (QED) is 0.825. The highest BCUT2D eigenvalue weighted by Crippen LogP contribution is 2.28. The molecule has 1 aromatic carbocycles. The molecule has 0 saturated heterocycles. The molecule has 3 heteroatoms. The summed E-state index contributed by atoms with van der Waals surface area (Å²) in [5.74, 6) is 0.709. The van der Waals surface area contributed by atoms with Gasteiger partial charge in [-0.3, -0.25) is 4.79 Å². The maximum Gasteiger partial charge on any atom is 0.230 e. The second-order valence-corrected chi connectivity index (χ2v) is 6.92. The molecule has 2 rings (SSSR count). The van der Waals surface area contributed by atoms with Gasteiger partial charge < -0.3 is 5.32 Å². The van der Waals surface area contributed by atoms with Crippen LogP contribution in [0.3, 0.4) is 0 Å². The predicted octanol–water partition coefficient (Wildman–Crippen LogP) is 4.03. The molecule has 1 amide bonds. The molecule has 110 valence electrons. The lowest BCUT2D eigenvalue weighted by Crippen LogP contribution is -2.49. The van der Waals surface area contributed by atoms with Crippen molar-refractivity contribution in [2.75, 3.05) is 5.33 Å². The Hall–Kier alpha value is -0.830. The van der Waals surface area contributed by atoms with E-state index in [1.807, 2.05) is 44.2 Å². The van der Waals surface area contributed by atoms with Gasteiger partial charge in [-0.1, -0.05) is 59.1 Å². The molecule has 1 fully saturated rings. The van der Waals surface area contributed by atoms with Crippen molar-refractivity contribution in [3.05, 3.63) is 35.9 Å². The van der Waals surface area contributed by atoms with E-state index in [2.05, 4.69) is 21.2 Å². The monoisotopic (exact) mass is 337 g/mol. The molecule has 0 heterocycles. The number of carbonyl (C=O) groups excluding carboxylic acids is 1. The number of nitrogens with one attached hydrogen (secondary N) is 1. The van der Waals surface area contributed by atoms with Gasteiger partial charge in [-0.2, -0.15) is 0 Å². The van der Waals surface area contributed by atoms with E-state index in [0.717, 1.165) is 17.3 Å². The zero-order valence-electron chi connectivity index (χ0n) is 12.4. The minimum Gasteiger partial charge on any atom is -0.352 e. The van der Waals surface area contributed by atoms with Crippen molar-refractivity contribution in [2.45, 2.75) is 51.0 Å². The number of benzene rings is 1. The maximum atomic E-state index is 12.7. The largest absolute Gasteiger partial charge is 0.352 e. The molecule has 2 nitrogen and oxygen atoms in total. The summed E-state index contributed by atoms with van der Waals surface area (Å²) >= 11 is 3.59. The van der Waals surface area contributed by atoms with E-state index in [1.54, 1.807) is 0 Å². The Balaban J connectivity index is 2.07. The van der Waals surface area contributed by atoms with Crippen LogP contribution in [0.5, 0.6) is 0 Å². The molecule has 2 unspecified atom stereocenters. The van der Waals surface area contributed by atoms with E-state index < -0.39 is 5.41 Å². The third kappa shape index (κ3) is 3.43. The normalized spacial score (nSPS) is 23.4. The Bertz CT molecular complexity index is 444. The van der Waals surface area contributed by atoms with Crippen molar-refractivity contribution in [2.24, 2.45) is 5.92 Å². The number of carbonyl (C=O) groups is 1. The van der Waals surface area contributed by atoms with Gasteiger partial charge in [0.25, 0.3) is 0 Å². The summed E-state index contributed by atoms with van der Waals surface area (Å²) in [6, 6.07) is 10.3. The molecule has 1 saturated carbocycles. The summed E-state index contributed by atoms with van der Waals surface area (Å²) in [6.45, 7) is 4.01. The summed E-state index contributed by atoms with van der Waals surface area (Å²) in [5.41, 5.74) is 0.596. The lowest BCUT2D eigenvalue weighted by molar-refractivity contribution is -0.127. The third-order valence-electron chi connectivity index (χ3n) is 4.49. The van der Waals surface area contributed by atoms with Crippen molar-refractivity contribution in [1.29, 1.82) is 0 Å². The molecule has 0 bridgehead atoms. The van der Waals surface area contributed by atoms with Gasteiger partial charge in [0.2, 0.25) is 5.91 Å². The molecule has 0 aromatic heterocycles. The van der Waals surface area contributed by atoms with Crippen LogP contribution < -0.4 is 5.32 Å². The Morgan fingerprint density at radius 2 is 1.90 bits per heavy atom. The van der Waals surface area contributed by atoms with E-state index in [0.29, 0.717) is 12.0 Å². The van der Waals surface area contributed by atoms with Gasteiger partial charge in [0.1, 0.15) is 0 Å². The second kappa shape index (κ2) is 6.75. The number of amides is 1. The molecular weight excluding hydrogens is 314 g/mol. The van der Waals surface area contributed by atoms with Gasteiger partial charge in [-0.05, 0) is 38.2 Å². The first-order valence-corrected chi connectivity index (χ1v) is 8.60.